The molecule has 0 radical (unpaired) electrons. The summed E-state index contributed by atoms with van der Waals surface area (Å²) in [6.45, 7) is 6.16. The standard InChI is InChI=1S/C24H29N3O2/c1-17-14-18(2)21-11-7-13-27(22(21)15-17)23(28)19-8-6-12-26(16-19)24(29)25-20-9-4-3-5-10-20/h3-5,9-10,14-15,19H,6-8,11-13,16H2,1-2H3,(H,25,29). The molecule has 2 aliphatic heterocycles. The zero-order valence-corrected chi connectivity index (χ0v) is 17.3. The molecule has 29 heavy (non-hydrogen) atoms. The normalized spacial score (nSPS) is 18.9. The van der Waals surface area contributed by atoms with Gasteiger partial charge in [-0.05, 0) is 74.4 Å². The highest BCUT2D eigenvalue weighted by Gasteiger charge is 2.33. The second kappa shape index (κ2) is 8.27. The Bertz CT molecular complexity index is 910. The Hall–Kier alpha value is -2.82. The van der Waals surface area contributed by atoms with Gasteiger partial charge in [-0.15, -0.1) is 0 Å². The Kier molecular flexibility index (Phi) is 5.56. The predicted molar refractivity (Wildman–Crippen MR) is 116 cm³/mol. The fourth-order valence-corrected chi connectivity index (χ4v) is 4.61. The summed E-state index contributed by atoms with van der Waals surface area (Å²) >= 11 is 0. The Morgan fingerprint density at radius 2 is 1.83 bits per heavy atom. The van der Waals surface area contributed by atoms with E-state index in [1.165, 1.54) is 16.7 Å². The van der Waals surface area contributed by atoms with Crippen LogP contribution < -0.4 is 10.2 Å². The molecule has 4 rings (SSSR count). The lowest BCUT2D eigenvalue weighted by Gasteiger charge is -2.37. The van der Waals surface area contributed by atoms with Gasteiger partial charge >= 0.3 is 6.03 Å². The summed E-state index contributed by atoms with van der Waals surface area (Å²) in [7, 11) is 0. The molecule has 2 aliphatic rings. The van der Waals surface area contributed by atoms with Crippen LogP contribution in [-0.2, 0) is 11.2 Å². The third kappa shape index (κ3) is 4.14. The molecule has 0 aromatic heterocycles. The molecule has 0 saturated carbocycles. The molecule has 5 heteroatoms. The van der Waals surface area contributed by atoms with Gasteiger partial charge in [0.2, 0.25) is 5.91 Å². The molecule has 2 heterocycles. The number of aryl methyl sites for hydroxylation is 2. The SMILES string of the molecule is Cc1cc(C)c2c(c1)N(C(=O)C1CCCN(C(=O)Nc3ccccc3)C1)CCC2. The number of para-hydroxylation sites is 1. The summed E-state index contributed by atoms with van der Waals surface area (Å²) in [4.78, 5) is 29.9. The van der Waals surface area contributed by atoms with Gasteiger partial charge < -0.3 is 15.1 Å². The van der Waals surface area contributed by atoms with Gasteiger partial charge in [0.1, 0.15) is 0 Å². The maximum atomic E-state index is 13.4. The van der Waals surface area contributed by atoms with Gasteiger partial charge in [0.25, 0.3) is 0 Å². The molecule has 1 N–H and O–H groups in total. The molecule has 2 aromatic carbocycles. The second-order valence-electron chi connectivity index (χ2n) is 8.25. The summed E-state index contributed by atoms with van der Waals surface area (Å²) in [5.41, 5.74) is 5.61. The maximum absolute atomic E-state index is 13.4. The summed E-state index contributed by atoms with van der Waals surface area (Å²) < 4.78 is 0. The van der Waals surface area contributed by atoms with E-state index in [0.29, 0.717) is 13.1 Å². The van der Waals surface area contributed by atoms with E-state index >= 15 is 0 Å². The number of nitrogens with one attached hydrogen (secondary N) is 1. The number of anilines is 2. The number of piperidine rings is 1. The number of nitrogens with zero attached hydrogens (tertiary/aromatic N) is 2. The summed E-state index contributed by atoms with van der Waals surface area (Å²) in [6.07, 6.45) is 3.71. The van der Waals surface area contributed by atoms with Crippen molar-refractivity contribution in [3.05, 3.63) is 59.2 Å². The number of amides is 3. The van der Waals surface area contributed by atoms with E-state index < -0.39 is 0 Å². The van der Waals surface area contributed by atoms with Crippen LogP contribution in [0.5, 0.6) is 0 Å². The Morgan fingerprint density at radius 1 is 1.03 bits per heavy atom. The van der Waals surface area contributed by atoms with Crippen molar-refractivity contribution < 1.29 is 9.59 Å². The summed E-state index contributed by atoms with van der Waals surface area (Å²) in [6, 6.07) is 13.7. The van der Waals surface area contributed by atoms with Crippen LogP contribution in [0.2, 0.25) is 0 Å². The smallest absolute Gasteiger partial charge is 0.321 e. The fraction of sp³-hybridized carbons (Fsp3) is 0.417. The van der Waals surface area contributed by atoms with E-state index in [0.717, 1.165) is 43.6 Å². The van der Waals surface area contributed by atoms with E-state index in [9.17, 15) is 9.59 Å². The minimum Gasteiger partial charge on any atom is -0.324 e. The van der Waals surface area contributed by atoms with Gasteiger partial charge in [0, 0.05) is 31.0 Å². The molecular weight excluding hydrogens is 362 g/mol. The molecule has 1 atom stereocenters. The number of fused-ring (bicyclic) bond motifs is 1. The van der Waals surface area contributed by atoms with Crippen LogP contribution in [0.3, 0.4) is 0 Å². The molecule has 0 bridgehead atoms. The van der Waals surface area contributed by atoms with Crippen molar-refractivity contribution in [3.8, 4) is 0 Å². The van der Waals surface area contributed by atoms with E-state index in [2.05, 4.69) is 31.3 Å². The summed E-state index contributed by atoms with van der Waals surface area (Å²) in [5.74, 6) is 0.0187. The van der Waals surface area contributed by atoms with Crippen molar-refractivity contribution in [2.75, 3.05) is 29.9 Å². The number of likely N-dealkylation sites (tertiary alicyclic amines) is 1. The number of carbonyl (C=O) groups excluding carboxylic acids is 2. The van der Waals surface area contributed by atoms with Crippen LogP contribution in [0.15, 0.2) is 42.5 Å². The Morgan fingerprint density at radius 3 is 2.62 bits per heavy atom. The van der Waals surface area contributed by atoms with Crippen molar-refractivity contribution in [2.45, 2.75) is 39.5 Å². The minimum atomic E-state index is -0.142. The van der Waals surface area contributed by atoms with Crippen LogP contribution in [0, 0.1) is 19.8 Å². The summed E-state index contributed by atoms with van der Waals surface area (Å²) in [5, 5.41) is 2.94. The van der Waals surface area contributed by atoms with Gasteiger partial charge in [0.05, 0.1) is 5.92 Å². The van der Waals surface area contributed by atoms with Gasteiger partial charge in [0.15, 0.2) is 0 Å². The van der Waals surface area contributed by atoms with Crippen molar-refractivity contribution in [2.24, 2.45) is 5.92 Å². The van der Waals surface area contributed by atoms with Crippen LogP contribution in [-0.4, -0.2) is 36.5 Å². The first-order chi connectivity index (χ1) is 14.0. The fourth-order valence-electron chi connectivity index (χ4n) is 4.61. The zero-order valence-electron chi connectivity index (χ0n) is 17.3. The number of hydrogen-bond acceptors (Lipinski definition) is 2. The van der Waals surface area contributed by atoms with Crippen molar-refractivity contribution in [1.29, 1.82) is 0 Å². The second-order valence-corrected chi connectivity index (χ2v) is 8.25. The molecule has 1 unspecified atom stereocenters. The first-order valence-corrected chi connectivity index (χ1v) is 10.6. The first-order valence-electron chi connectivity index (χ1n) is 10.6. The molecule has 3 amide bonds. The molecule has 0 aliphatic carbocycles. The van der Waals surface area contributed by atoms with Crippen molar-refractivity contribution in [1.82, 2.24) is 4.90 Å². The monoisotopic (exact) mass is 391 g/mol. The average molecular weight is 392 g/mol. The lowest BCUT2D eigenvalue weighted by molar-refractivity contribution is -0.123. The van der Waals surface area contributed by atoms with Crippen molar-refractivity contribution >= 4 is 23.3 Å². The number of carbonyl (C=O) groups is 2. The van der Waals surface area contributed by atoms with E-state index in [-0.39, 0.29) is 17.9 Å². The third-order valence-corrected chi connectivity index (χ3v) is 6.04. The molecule has 5 nitrogen and oxygen atoms in total. The molecule has 0 spiro atoms. The largest absolute Gasteiger partial charge is 0.324 e. The van der Waals surface area contributed by atoms with Crippen LogP contribution in [0.4, 0.5) is 16.2 Å². The number of hydrogen-bond donors (Lipinski definition) is 1. The Balaban J connectivity index is 1.48. The third-order valence-electron chi connectivity index (χ3n) is 6.04. The predicted octanol–water partition coefficient (Wildman–Crippen LogP) is 4.53. The lowest BCUT2D eigenvalue weighted by Crippen LogP contribution is -2.49. The van der Waals surface area contributed by atoms with Crippen LogP contribution >= 0.6 is 0 Å². The highest BCUT2D eigenvalue weighted by atomic mass is 16.2. The molecule has 1 saturated heterocycles. The molecule has 1 fully saturated rings. The van der Waals surface area contributed by atoms with E-state index in [1.807, 2.05) is 35.2 Å². The number of rotatable bonds is 2. The molecule has 152 valence electrons. The first kappa shape index (κ1) is 19.5. The zero-order chi connectivity index (χ0) is 20.4. The number of urea groups is 1. The Labute approximate surface area is 172 Å². The van der Waals surface area contributed by atoms with Gasteiger partial charge in [-0.3, -0.25) is 4.79 Å². The highest BCUT2D eigenvalue weighted by Crippen LogP contribution is 2.33. The van der Waals surface area contributed by atoms with Gasteiger partial charge in [-0.2, -0.15) is 0 Å². The van der Waals surface area contributed by atoms with Crippen LogP contribution in [0.1, 0.15) is 36.0 Å². The molecular formula is C24H29N3O2. The molecule has 2 aromatic rings. The van der Waals surface area contributed by atoms with Gasteiger partial charge in [-0.1, -0.05) is 24.3 Å². The maximum Gasteiger partial charge on any atom is 0.321 e. The average Bonchev–Trinajstić information content (AvgIpc) is 2.73. The lowest BCUT2D eigenvalue weighted by atomic mass is 9.92. The highest BCUT2D eigenvalue weighted by molar-refractivity contribution is 5.97. The number of benzene rings is 2. The van der Waals surface area contributed by atoms with Gasteiger partial charge in [-0.25, -0.2) is 4.79 Å². The minimum absolute atomic E-state index is 0.126. The van der Waals surface area contributed by atoms with Crippen molar-refractivity contribution in [3.63, 3.8) is 0 Å². The topological polar surface area (TPSA) is 52.7 Å². The van der Waals surface area contributed by atoms with Crippen LogP contribution in [0.25, 0.3) is 0 Å². The van der Waals surface area contributed by atoms with E-state index in [4.69, 9.17) is 0 Å². The quantitative estimate of drug-likeness (QED) is 0.818. The van der Waals surface area contributed by atoms with E-state index in [1.54, 1.807) is 4.90 Å².